The monoisotopic (exact) mass is 295 g/mol. The van der Waals surface area contributed by atoms with Gasteiger partial charge < -0.3 is 4.74 Å². The minimum absolute atomic E-state index is 0.00275. The van der Waals surface area contributed by atoms with Gasteiger partial charge in [-0.25, -0.2) is 9.36 Å². The zero-order valence-electron chi connectivity index (χ0n) is 13.0. The number of hydrogen-bond acceptors (Lipinski definition) is 2. The van der Waals surface area contributed by atoms with Crippen molar-refractivity contribution in [2.75, 3.05) is 7.11 Å². The van der Waals surface area contributed by atoms with Crippen LogP contribution in [-0.2, 0) is 6.54 Å². The summed E-state index contributed by atoms with van der Waals surface area (Å²) in [6, 6.07) is 15.3. The lowest BCUT2D eigenvalue weighted by Gasteiger charge is -2.10. The molecule has 1 aromatic heterocycles. The number of benzene rings is 2. The zero-order chi connectivity index (χ0) is 15.7. The second-order valence-electron chi connectivity index (χ2n) is 5.15. The first-order chi connectivity index (χ1) is 10.7. The SMILES string of the molecule is CC[n+]1c(C)n(-c2ccc(OC)cc2)c(=O)c2ccccc21. The maximum Gasteiger partial charge on any atom is 0.350 e. The highest BCUT2D eigenvalue weighted by molar-refractivity contribution is 5.74. The fourth-order valence-corrected chi connectivity index (χ4v) is 2.89. The Morgan fingerprint density at radius 1 is 1.09 bits per heavy atom. The average molecular weight is 295 g/mol. The summed E-state index contributed by atoms with van der Waals surface area (Å²) in [4.78, 5) is 12.9. The van der Waals surface area contributed by atoms with Crippen molar-refractivity contribution < 1.29 is 9.30 Å². The van der Waals surface area contributed by atoms with Crippen LogP contribution in [0.15, 0.2) is 53.3 Å². The van der Waals surface area contributed by atoms with E-state index in [1.54, 1.807) is 11.7 Å². The quantitative estimate of drug-likeness (QED) is 0.696. The summed E-state index contributed by atoms with van der Waals surface area (Å²) in [6.45, 7) is 4.87. The number of methoxy groups -OCH3 is 1. The van der Waals surface area contributed by atoms with Crippen LogP contribution in [0.3, 0.4) is 0 Å². The van der Waals surface area contributed by atoms with Gasteiger partial charge in [0.05, 0.1) is 13.7 Å². The topological polar surface area (TPSA) is 35.1 Å². The molecule has 0 bridgehead atoms. The Balaban J connectivity index is 2.35. The van der Waals surface area contributed by atoms with E-state index >= 15 is 0 Å². The van der Waals surface area contributed by atoms with Crippen LogP contribution >= 0.6 is 0 Å². The van der Waals surface area contributed by atoms with Gasteiger partial charge in [-0.05, 0) is 43.3 Å². The lowest BCUT2D eigenvalue weighted by molar-refractivity contribution is -0.678. The minimum Gasteiger partial charge on any atom is -0.497 e. The predicted molar refractivity (Wildman–Crippen MR) is 86.7 cm³/mol. The van der Waals surface area contributed by atoms with Crippen molar-refractivity contribution in [2.24, 2.45) is 0 Å². The van der Waals surface area contributed by atoms with Crippen molar-refractivity contribution in [3.05, 3.63) is 64.7 Å². The Labute approximate surface area is 129 Å². The normalized spacial score (nSPS) is 10.9. The first kappa shape index (κ1) is 14.3. The van der Waals surface area contributed by atoms with E-state index in [4.69, 9.17) is 4.74 Å². The maximum atomic E-state index is 12.9. The second-order valence-corrected chi connectivity index (χ2v) is 5.15. The number of para-hydroxylation sites is 1. The summed E-state index contributed by atoms with van der Waals surface area (Å²) < 4.78 is 9.10. The van der Waals surface area contributed by atoms with Gasteiger partial charge in [0.15, 0.2) is 0 Å². The molecule has 4 nitrogen and oxygen atoms in total. The lowest BCUT2D eigenvalue weighted by atomic mass is 10.2. The molecule has 0 saturated carbocycles. The van der Waals surface area contributed by atoms with Crippen molar-refractivity contribution in [1.29, 1.82) is 0 Å². The second kappa shape index (κ2) is 5.64. The van der Waals surface area contributed by atoms with E-state index in [1.165, 1.54) is 0 Å². The highest BCUT2D eigenvalue weighted by Gasteiger charge is 2.20. The smallest absolute Gasteiger partial charge is 0.350 e. The predicted octanol–water partition coefficient (Wildman–Crippen LogP) is 2.62. The molecule has 0 N–H and O–H groups in total. The fourth-order valence-electron chi connectivity index (χ4n) is 2.89. The van der Waals surface area contributed by atoms with Crippen LogP contribution in [0, 0.1) is 6.92 Å². The number of fused-ring (bicyclic) bond motifs is 1. The van der Waals surface area contributed by atoms with Crippen LogP contribution in [0.4, 0.5) is 0 Å². The molecule has 0 aliphatic carbocycles. The van der Waals surface area contributed by atoms with Gasteiger partial charge in [0.1, 0.15) is 22.3 Å². The van der Waals surface area contributed by atoms with E-state index in [2.05, 4.69) is 11.5 Å². The molecule has 2 aromatic carbocycles. The molecule has 0 atom stereocenters. The first-order valence-electron chi connectivity index (χ1n) is 7.36. The van der Waals surface area contributed by atoms with Crippen LogP contribution in [0.2, 0.25) is 0 Å². The van der Waals surface area contributed by atoms with Crippen molar-refractivity contribution in [1.82, 2.24) is 4.57 Å². The summed E-state index contributed by atoms with van der Waals surface area (Å²) in [6.07, 6.45) is 0. The highest BCUT2D eigenvalue weighted by Crippen LogP contribution is 2.15. The highest BCUT2D eigenvalue weighted by atomic mass is 16.5. The van der Waals surface area contributed by atoms with E-state index in [-0.39, 0.29) is 5.56 Å². The molecule has 112 valence electrons. The van der Waals surface area contributed by atoms with Gasteiger partial charge in [0, 0.05) is 6.92 Å². The van der Waals surface area contributed by atoms with Gasteiger partial charge in [-0.2, -0.15) is 4.57 Å². The molecular weight excluding hydrogens is 276 g/mol. The molecule has 0 spiro atoms. The fraction of sp³-hybridized carbons (Fsp3) is 0.222. The van der Waals surface area contributed by atoms with Crippen molar-refractivity contribution >= 4 is 10.9 Å². The van der Waals surface area contributed by atoms with Crippen molar-refractivity contribution in [3.8, 4) is 11.4 Å². The Kier molecular flexibility index (Phi) is 3.67. The molecule has 4 heteroatoms. The third-order valence-electron chi connectivity index (χ3n) is 3.99. The number of aryl methyl sites for hydroxylation is 1. The number of rotatable bonds is 3. The molecule has 3 aromatic rings. The third-order valence-corrected chi connectivity index (χ3v) is 3.99. The van der Waals surface area contributed by atoms with E-state index in [0.717, 1.165) is 34.7 Å². The van der Waals surface area contributed by atoms with Gasteiger partial charge in [-0.15, -0.1) is 0 Å². The Morgan fingerprint density at radius 3 is 2.41 bits per heavy atom. The van der Waals surface area contributed by atoms with Crippen LogP contribution in [0.25, 0.3) is 16.6 Å². The number of nitrogens with zero attached hydrogens (tertiary/aromatic N) is 2. The average Bonchev–Trinajstić information content (AvgIpc) is 2.56. The van der Waals surface area contributed by atoms with Gasteiger partial charge in [0.25, 0.3) is 5.82 Å². The van der Waals surface area contributed by atoms with Gasteiger partial charge in [-0.3, -0.25) is 0 Å². The molecule has 0 saturated heterocycles. The minimum atomic E-state index is 0.00275. The Morgan fingerprint density at radius 2 is 1.77 bits per heavy atom. The molecule has 0 amide bonds. The molecule has 1 heterocycles. The standard InChI is InChI=1S/C18H19N2O2/c1-4-19-13(2)20(14-9-11-15(22-3)12-10-14)18(21)16-7-5-6-8-17(16)19/h5-12H,4H2,1-3H3/q+1. The largest absolute Gasteiger partial charge is 0.497 e. The van der Waals surface area contributed by atoms with E-state index in [9.17, 15) is 4.79 Å². The van der Waals surface area contributed by atoms with E-state index in [0.29, 0.717) is 0 Å². The van der Waals surface area contributed by atoms with Crippen LogP contribution < -0.4 is 14.9 Å². The number of aromatic nitrogens is 2. The van der Waals surface area contributed by atoms with Crippen molar-refractivity contribution in [2.45, 2.75) is 20.4 Å². The zero-order valence-corrected chi connectivity index (χ0v) is 13.0. The van der Waals surface area contributed by atoms with E-state index < -0.39 is 0 Å². The summed E-state index contributed by atoms with van der Waals surface area (Å²) in [5, 5.41) is 0.728. The molecule has 0 unspecified atom stereocenters. The Hall–Kier alpha value is -2.62. The van der Waals surface area contributed by atoms with Gasteiger partial charge >= 0.3 is 5.56 Å². The molecule has 0 fully saturated rings. The summed E-state index contributed by atoms with van der Waals surface area (Å²) >= 11 is 0. The first-order valence-corrected chi connectivity index (χ1v) is 7.36. The van der Waals surface area contributed by atoms with Crippen LogP contribution in [0.1, 0.15) is 12.7 Å². The molecule has 22 heavy (non-hydrogen) atoms. The maximum absolute atomic E-state index is 12.9. The summed E-state index contributed by atoms with van der Waals surface area (Å²) in [5.41, 5.74) is 1.82. The molecular formula is C18H19N2O2+. The molecule has 3 rings (SSSR count). The molecule has 0 aliphatic rings. The van der Waals surface area contributed by atoms with Crippen LogP contribution in [0.5, 0.6) is 5.75 Å². The third kappa shape index (κ3) is 2.17. The molecule has 0 radical (unpaired) electrons. The van der Waals surface area contributed by atoms with Crippen LogP contribution in [-0.4, -0.2) is 11.7 Å². The van der Waals surface area contributed by atoms with Crippen molar-refractivity contribution in [3.63, 3.8) is 0 Å². The Bertz CT molecular complexity index is 880. The van der Waals surface area contributed by atoms with Gasteiger partial charge in [-0.1, -0.05) is 12.1 Å². The summed E-state index contributed by atoms with van der Waals surface area (Å²) in [5.74, 6) is 1.69. The number of ether oxygens (including phenoxy) is 1. The molecule has 0 aliphatic heterocycles. The van der Waals surface area contributed by atoms with E-state index in [1.807, 2.05) is 55.5 Å². The summed E-state index contributed by atoms with van der Waals surface area (Å²) in [7, 11) is 1.63. The van der Waals surface area contributed by atoms with Gasteiger partial charge in [0.2, 0.25) is 0 Å². The number of hydrogen-bond donors (Lipinski definition) is 0. The lowest BCUT2D eigenvalue weighted by Crippen LogP contribution is -2.44.